The third-order valence-electron chi connectivity index (χ3n) is 5.39. The summed E-state index contributed by atoms with van der Waals surface area (Å²) in [5.74, 6) is -0.207. The van der Waals surface area contributed by atoms with E-state index >= 15 is 0 Å². The van der Waals surface area contributed by atoms with Crippen LogP contribution in [0.2, 0.25) is 5.02 Å². The molecule has 6 nitrogen and oxygen atoms in total. The van der Waals surface area contributed by atoms with Gasteiger partial charge in [-0.3, -0.25) is 4.79 Å². The maximum Gasteiger partial charge on any atom is 0.244 e. The van der Waals surface area contributed by atoms with Crippen LogP contribution in [0.25, 0.3) is 6.08 Å². The SMILES string of the molecule is CNS(=O)(=O)c1ccc(C=CC(=O)NCC2(c3ccc(Cl)cc3)CCOCC2)cc1. The molecule has 0 aliphatic carbocycles. The molecule has 0 bridgehead atoms. The predicted octanol–water partition coefficient (Wildman–Crippen LogP) is 3.13. The average molecular weight is 449 g/mol. The van der Waals surface area contributed by atoms with Gasteiger partial charge in [0.25, 0.3) is 0 Å². The van der Waals surface area contributed by atoms with Gasteiger partial charge in [-0.25, -0.2) is 13.1 Å². The number of rotatable bonds is 7. The minimum absolute atomic E-state index is 0.177. The molecule has 1 heterocycles. The number of amides is 1. The van der Waals surface area contributed by atoms with Crippen LogP contribution in [0.15, 0.2) is 59.5 Å². The zero-order valence-electron chi connectivity index (χ0n) is 16.7. The lowest BCUT2D eigenvalue weighted by Gasteiger charge is -2.37. The lowest BCUT2D eigenvalue weighted by atomic mass is 9.74. The first-order valence-corrected chi connectivity index (χ1v) is 11.5. The first-order valence-electron chi connectivity index (χ1n) is 9.68. The van der Waals surface area contributed by atoms with E-state index in [0.717, 1.165) is 24.0 Å². The summed E-state index contributed by atoms with van der Waals surface area (Å²) in [4.78, 5) is 12.6. The van der Waals surface area contributed by atoms with E-state index in [9.17, 15) is 13.2 Å². The van der Waals surface area contributed by atoms with Crippen LogP contribution < -0.4 is 10.0 Å². The Balaban J connectivity index is 1.65. The van der Waals surface area contributed by atoms with E-state index in [-0.39, 0.29) is 16.2 Å². The Labute approximate surface area is 182 Å². The van der Waals surface area contributed by atoms with Crippen LogP contribution in [0, 0.1) is 0 Å². The molecule has 8 heteroatoms. The molecule has 1 fully saturated rings. The summed E-state index contributed by atoms with van der Waals surface area (Å²) in [5, 5.41) is 3.68. The van der Waals surface area contributed by atoms with Gasteiger partial charge in [-0.2, -0.15) is 0 Å². The standard InChI is InChI=1S/C22H25ClN2O4S/c1-24-30(27,28)20-9-2-17(3-10-20)4-11-21(26)25-16-22(12-14-29-15-13-22)18-5-7-19(23)8-6-18/h2-11,24H,12-16H2,1H3,(H,25,26). The van der Waals surface area contributed by atoms with Gasteiger partial charge in [-0.1, -0.05) is 35.9 Å². The van der Waals surface area contributed by atoms with E-state index in [1.165, 1.54) is 25.3 Å². The van der Waals surface area contributed by atoms with Crippen molar-refractivity contribution >= 4 is 33.6 Å². The summed E-state index contributed by atoms with van der Waals surface area (Å²) in [7, 11) is -2.11. The van der Waals surface area contributed by atoms with Gasteiger partial charge in [0.05, 0.1) is 4.90 Å². The second-order valence-corrected chi connectivity index (χ2v) is 9.55. The first-order chi connectivity index (χ1) is 14.3. The Kier molecular flexibility index (Phi) is 7.31. The number of nitrogens with one attached hydrogen (secondary N) is 2. The second kappa shape index (κ2) is 9.75. The average Bonchev–Trinajstić information content (AvgIpc) is 2.77. The molecule has 0 unspecified atom stereocenters. The van der Waals surface area contributed by atoms with Gasteiger partial charge < -0.3 is 10.1 Å². The van der Waals surface area contributed by atoms with E-state index in [2.05, 4.69) is 10.0 Å². The van der Waals surface area contributed by atoms with E-state index < -0.39 is 10.0 Å². The molecule has 0 radical (unpaired) electrons. The molecule has 160 valence electrons. The fourth-order valence-electron chi connectivity index (χ4n) is 3.50. The molecule has 3 rings (SSSR count). The van der Waals surface area contributed by atoms with Crippen molar-refractivity contribution in [3.05, 3.63) is 70.8 Å². The Morgan fingerprint density at radius 3 is 2.33 bits per heavy atom. The molecule has 0 saturated carbocycles. The monoisotopic (exact) mass is 448 g/mol. The van der Waals surface area contributed by atoms with Crippen molar-refractivity contribution in [3.63, 3.8) is 0 Å². The molecule has 2 aromatic carbocycles. The molecule has 1 aliphatic rings. The van der Waals surface area contributed by atoms with Crippen molar-refractivity contribution in [1.82, 2.24) is 10.0 Å². The summed E-state index contributed by atoms with van der Waals surface area (Å²) in [6.07, 6.45) is 4.75. The number of carbonyl (C=O) groups excluding carboxylic acids is 1. The number of ether oxygens (including phenoxy) is 1. The minimum Gasteiger partial charge on any atom is -0.381 e. The molecular formula is C22H25ClN2O4S. The third kappa shape index (κ3) is 5.49. The van der Waals surface area contributed by atoms with Crippen molar-refractivity contribution in [2.24, 2.45) is 0 Å². The summed E-state index contributed by atoms with van der Waals surface area (Å²) in [5.41, 5.74) is 1.69. The van der Waals surface area contributed by atoms with E-state index in [4.69, 9.17) is 16.3 Å². The number of hydrogen-bond donors (Lipinski definition) is 2. The molecule has 0 aromatic heterocycles. The fourth-order valence-corrected chi connectivity index (χ4v) is 4.35. The van der Waals surface area contributed by atoms with Gasteiger partial charge >= 0.3 is 0 Å². The van der Waals surface area contributed by atoms with Crippen LogP contribution in [-0.2, 0) is 25.0 Å². The zero-order chi connectivity index (χ0) is 21.6. The molecule has 1 saturated heterocycles. The third-order valence-corrected chi connectivity index (χ3v) is 7.08. The summed E-state index contributed by atoms with van der Waals surface area (Å²) >= 11 is 6.03. The Bertz CT molecular complexity index is 996. The smallest absolute Gasteiger partial charge is 0.244 e. The van der Waals surface area contributed by atoms with Crippen molar-refractivity contribution in [1.29, 1.82) is 0 Å². The highest BCUT2D eigenvalue weighted by Crippen LogP contribution is 2.34. The molecule has 2 N–H and O–H groups in total. The molecular weight excluding hydrogens is 424 g/mol. The van der Waals surface area contributed by atoms with Crippen molar-refractivity contribution in [3.8, 4) is 0 Å². The minimum atomic E-state index is -3.48. The second-order valence-electron chi connectivity index (χ2n) is 7.23. The van der Waals surface area contributed by atoms with E-state index in [1.54, 1.807) is 18.2 Å². The quantitative estimate of drug-likeness (QED) is 0.637. The number of benzene rings is 2. The molecule has 1 aliphatic heterocycles. The number of sulfonamides is 1. The highest BCUT2D eigenvalue weighted by atomic mass is 35.5. The molecule has 30 heavy (non-hydrogen) atoms. The Hall–Kier alpha value is -2.19. The number of hydrogen-bond acceptors (Lipinski definition) is 4. The van der Waals surface area contributed by atoms with Gasteiger partial charge in [0.15, 0.2) is 0 Å². The van der Waals surface area contributed by atoms with E-state index in [1.807, 2.05) is 24.3 Å². The lowest BCUT2D eigenvalue weighted by molar-refractivity contribution is -0.116. The summed E-state index contributed by atoms with van der Waals surface area (Å²) in [6, 6.07) is 14.1. The molecule has 0 spiro atoms. The molecule has 1 amide bonds. The summed E-state index contributed by atoms with van der Waals surface area (Å²) in [6.45, 7) is 1.80. The van der Waals surface area contributed by atoms with E-state index in [0.29, 0.717) is 24.8 Å². The van der Waals surface area contributed by atoms with Crippen molar-refractivity contribution in [2.45, 2.75) is 23.2 Å². The van der Waals surface area contributed by atoms with Crippen molar-refractivity contribution in [2.75, 3.05) is 26.8 Å². The van der Waals surface area contributed by atoms with Crippen molar-refractivity contribution < 1.29 is 17.9 Å². The van der Waals surface area contributed by atoms with Crippen LogP contribution in [0.5, 0.6) is 0 Å². The molecule has 0 atom stereocenters. The van der Waals surface area contributed by atoms with Gasteiger partial charge in [0.2, 0.25) is 15.9 Å². The lowest BCUT2D eigenvalue weighted by Crippen LogP contribution is -2.44. The predicted molar refractivity (Wildman–Crippen MR) is 118 cm³/mol. The Morgan fingerprint density at radius 2 is 1.73 bits per heavy atom. The highest BCUT2D eigenvalue weighted by molar-refractivity contribution is 7.89. The van der Waals surface area contributed by atoms with Gasteiger partial charge in [0, 0.05) is 36.3 Å². The van der Waals surface area contributed by atoms with Crippen LogP contribution in [0.4, 0.5) is 0 Å². The topological polar surface area (TPSA) is 84.5 Å². The number of halogens is 1. The normalized spacial score (nSPS) is 16.5. The van der Waals surface area contributed by atoms with Gasteiger partial charge in [-0.05, 0) is 61.4 Å². The summed E-state index contributed by atoms with van der Waals surface area (Å²) < 4.78 is 31.3. The maximum atomic E-state index is 12.4. The van der Waals surface area contributed by atoms with Crippen LogP contribution >= 0.6 is 11.6 Å². The first kappa shape index (κ1) is 22.5. The fraction of sp³-hybridized carbons (Fsp3) is 0.318. The highest BCUT2D eigenvalue weighted by Gasteiger charge is 2.34. The zero-order valence-corrected chi connectivity index (χ0v) is 18.3. The largest absolute Gasteiger partial charge is 0.381 e. The van der Waals surface area contributed by atoms with Crippen LogP contribution in [-0.4, -0.2) is 41.1 Å². The maximum absolute atomic E-state index is 12.4. The van der Waals surface area contributed by atoms with Gasteiger partial charge in [0.1, 0.15) is 0 Å². The Morgan fingerprint density at radius 1 is 1.10 bits per heavy atom. The van der Waals surface area contributed by atoms with Crippen LogP contribution in [0.3, 0.4) is 0 Å². The van der Waals surface area contributed by atoms with Crippen LogP contribution in [0.1, 0.15) is 24.0 Å². The molecule has 2 aromatic rings. The number of carbonyl (C=O) groups is 1. The van der Waals surface area contributed by atoms with Gasteiger partial charge in [-0.15, -0.1) is 0 Å².